The van der Waals surface area contributed by atoms with E-state index in [1.54, 1.807) is 7.11 Å². The summed E-state index contributed by atoms with van der Waals surface area (Å²) in [4.78, 5) is 11.1. The quantitative estimate of drug-likeness (QED) is 0.249. The Kier molecular flexibility index (Phi) is 10.5. The van der Waals surface area contributed by atoms with Gasteiger partial charge in [-0.2, -0.15) is 0 Å². The molecule has 0 spiro atoms. The molecule has 0 unspecified atom stereocenters. The van der Waals surface area contributed by atoms with Crippen molar-refractivity contribution in [1.29, 1.82) is 0 Å². The van der Waals surface area contributed by atoms with Gasteiger partial charge < -0.3 is 18.9 Å². The van der Waals surface area contributed by atoms with Crippen molar-refractivity contribution in [1.82, 2.24) is 0 Å². The summed E-state index contributed by atoms with van der Waals surface area (Å²) in [5.41, 5.74) is 1.55. The van der Waals surface area contributed by atoms with Crippen LogP contribution in [0.4, 0.5) is 0 Å². The summed E-state index contributed by atoms with van der Waals surface area (Å²) in [5, 5.41) is 0. The van der Waals surface area contributed by atoms with E-state index in [0.29, 0.717) is 45.2 Å². The van der Waals surface area contributed by atoms with Gasteiger partial charge in [0, 0.05) is 21.8 Å². The average Bonchev–Trinajstić information content (AvgIpc) is 2.48. The first kappa shape index (κ1) is 20.1. The number of aldehydes is 1. The zero-order chi connectivity index (χ0) is 16.4. The maximum atomic E-state index is 11.1. The molecule has 0 aliphatic heterocycles. The standard InChI is InChI=1S/C15H20I2O5/c1-11-12(10-18)13(16)9-14(17)15(11)22-8-7-21-6-5-20-4-3-19-2/h9-10H,3-8H2,1-2H3. The molecule has 124 valence electrons. The third-order valence-corrected chi connectivity index (χ3v) is 4.56. The summed E-state index contributed by atoms with van der Waals surface area (Å²) in [6.45, 7) is 5.04. The van der Waals surface area contributed by atoms with E-state index in [2.05, 4.69) is 45.2 Å². The maximum absolute atomic E-state index is 11.1. The molecule has 0 saturated heterocycles. The Morgan fingerprint density at radius 1 is 1.00 bits per heavy atom. The topological polar surface area (TPSA) is 54.0 Å². The van der Waals surface area contributed by atoms with Crippen LogP contribution < -0.4 is 4.74 Å². The lowest BCUT2D eigenvalue weighted by Gasteiger charge is -2.14. The van der Waals surface area contributed by atoms with Crippen LogP contribution in [-0.4, -0.2) is 53.0 Å². The highest BCUT2D eigenvalue weighted by Crippen LogP contribution is 2.30. The molecule has 0 fully saturated rings. The molecule has 0 aliphatic carbocycles. The van der Waals surface area contributed by atoms with Crippen molar-refractivity contribution in [2.75, 3.05) is 46.8 Å². The molecule has 22 heavy (non-hydrogen) atoms. The lowest BCUT2D eigenvalue weighted by molar-refractivity contribution is 0.0178. The molecule has 0 atom stereocenters. The minimum absolute atomic E-state index is 0.438. The Hall–Kier alpha value is 0.0300. The fourth-order valence-corrected chi connectivity index (χ4v) is 4.03. The molecule has 1 aromatic carbocycles. The largest absolute Gasteiger partial charge is 0.490 e. The lowest BCUT2D eigenvalue weighted by atomic mass is 10.1. The molecular weight excluding hydrogens is 514 g/mol. The van der Waals surface area contributed by atoms with E-state index in [1.807, 2.05) is 13.0 Å². The number of ether oxygens (including phenoxy) is 4. The van der Waals surface area contributed by atoms with E-state index in [0.717, 1.165) is 24.7 Å². The molecule has 5 nitrogen and oxygen atoms in total. The van der Waals surface area contributed by atoms with Crippen LogP contribution in [0, 0.1) is 14.1 Å². The van der Waals surface area contributed by atoms with E-state index in [-0.39, 0.29) is 0 Å². The Bertz CT molecular complexity index is 479. The summed E-state index contributed by atoms with van der Waals surface area (Å²) in [6.07, 6.45) is 0.869. The van der Waals surface area contributed by atoms with Gasteiger partial charge in [0.25, 0.3) is 0 Å². The van der Waals surface area contributed by atoms with Crippen molar-refractivity contribution in [3.05, 3.63) is 24.3 Å². The van der Waals surface area contributed by atoms with Crippen molar-refractivity contribution in [2.24, 2.45) is 0 Å². The summed E-state index contributed by atoms with van der Waals surface area (Å²) in [7, 11) is 1.64. The van der Waals surface area contributed by atoms with Gasteiger partial charge >= 0.3 is 0 Å². The number of hydrogen-bond donors (Lipinski definition) is 0. The Balaban J connectivity index is 2.32. The van der Waals surface area contributed by atoms with Gasteiger partial charge in [0.2, 0.25) is 0 Å². The highest BCUT2D eigenvalue weighted by atomic mass is 127. The van der Waals surface area contributed by atoms with Crippen LogP contribution in [0.3, 0.4) is 0 Å². The van der Waals surface area contributed by atoms with Gasteiger partial charge in [0.1, 0.15) is 12.4 Å². The van der Waals surface area contributed by atoms with Gasteiger partial charge in [-0.1, -0.05) is 0 Å². The van der Waals surface area contributed by atoms with Crippen molar-refractivity contribution in [3.63, 3.8) is 0 Å². The summed E-state index contributed by atoms with van der Waals surface area (Å²) >= 11 is 4.37. The second-order valence-corrected chi connectivity index (χ2v) is 6.72. The van der Waals surface area contributed by atoms with Crippen molar-refractivity contribution in [2.45, 2.75) is 6.92 Å². The molecule has 0 saturated carbocycles. The Labute approximate surface area is 158 Å². The Morgan fingerprint density at radius 3 is 2.18 bits per heavy atom. The number of methoxy groups -OCH3 is 1. The number of rotatable bonds is 11. The van der Waals surface area contributed by atoms with Gasteiger partial charge in [-0.05, 0) is 58.2 Å². The molecule has 0 N–H and O–H groups in total. The summed E-state index contributed by atoms with van der Waals surface area (Å²) in [6, 6.07) is 1.94. The highest BCUT2D eigenvalue weighted by Gasteiger charge is 2.13. The van der Waals surface area contributed by atoms with E-state index in [9.17, 15) is 4.79 Å². The number of benzene rings is 1. The molecule has 0 amide bonds. The van der Waals surface area contributed by atoms with Crippen LogP contribution in [0.15, 0.2) is 6.07 Å². The van der Waals surface area contributed by atoms with Gasteiger partial charge in [-0.25, -0.2) is 0 Å². The van der Waals surface area contributed by atoms with Gasteiger partial charge in [-0.15, -0.1) is 0 Å². The first-order valence-electron chi connectivity index (χ1n) is 6.82. The fraction of sp³-hybridized carbons (Fsp3) is 0.533. The second kappa shape index (κ2) is 11.5. The van der Waals surface area contributed by atoms with Gasteiger partial charge in [0.05, 0.1) is 36.6 Å². The first-order chi connectivity index (χ1) is 10.6. The van der Waals surface area contributed by atoms with E-state index in [4.69, 9.17) is 18.9 Å². The molecule has 0 radical (unpaired) electrons. The van der Waals surface area contributed by atoms with Crippen molar-refractivity contribution < 1.29 is 23.7 Å². The number of hydrogen-bond acceptors (Lipinski definition) is 5. The second-order valence-electron chi connectivity index (χ2n) is 4.39. The van der Waals surface area contributed by atoms with Crippen LogP contribution in [0.25, 0.3) is 0 Å². The molecule has 0 aliphatic rings. The van der Waals surface area contributed by atoms with Crippen LogP contribution in [0.5, 0.6) is 5.75 Å². The van der Waals surface area contributed by atoms with Crippen LogP contribution in [0.2, 0.25) is 0 Å². The zero-order valence-corrected chi connectivity index (χ0v) is 17.0. The van der Waals surface area contributed by atoms with Crippen LogP contribution >= 0.6 is 45.2 Å². The van der Waals surface area contributed by atoms with Crippen LogP contribution in [-0.2, 0) is 14.2 Å². The van der Waals surface area contributed by atoms with E-state index in [1.165, 1.54) is 0 Å². The summed E-state index contributed by atoms with van der Waals surface area (Å²) in [5.74, 6) is 0.753. The van der Waals surface area contributed by atoms with Gasteiger partial charge in [-0.3, -0.25) is 4.79 Å². The SMILES string of the molecule is COCCOCCOCCOc1c(I)cc(I)c(C=O)c1C. The lowest BCUT2D eigenvalue weighted by Crippen LogP contribution is -2.13. The fourth-order valence-electron chi connectivity index (χ4n) is 1.72. The first-order valence-corrected chi connectivity index (χ1v) is 8.98. The molecular formula is C15H20I2O5. The molecule has 1 rings (SSSR count). The maximum Gasteiger partial charge on any atom is 0.151 e. The zero-order valence-electron chi connectivity index (χ0n) is 12.7. The molecule has 0 aromatic heterocycles. The smallest absolute Gasteiger partial charge is 0.151 e. The van der Waals surface area contributed by atoms with Gasteiger partial charge in [0.15, 0.2) is 6.29 Å². The molecule has 1 aromatic rings. The minimum Gasteiger partial charge on any atom is -0.490 e. The predicted octanol–water partition coefficient (Wildman–Crippen LogP) is 3.08. The van der Waals surface area contributed by atoms with Crippen molar-refractivity contribution >= 4 is 51.5 Å². The predicted molar refractivity (Wildman–Crippen MR) is 101 cm³/mol. The van der Waals surface area contributed by atoms with E-state index >= 15 is 0 Å². The van der Waals surface area contributed by atoms with Crippen LogP contribution in [0.1, 0.15) is 15.9 Å². The minimum atomic E-state index is 0.438. The summed E-state index contributed by atoms with van der Waals surface area (Å²) < 4.78 is 23.3. The Morgan fingerprint density at radius 2 is 1.59 bits per heavy atom. The number of halogens is 2. The monoisotopic (exact) mass is 534 g/mol. The molecule has 0 heterocycles. The normalized spacial score (nSPS) is 10.7. The van der Waals surface area contributed by atoms with E-state index < -0.39 is 0 Å². The number of carbonyl (C=O) groups excluding carboxylic acids is 1. The third kappa shape index (κ3) is 6.65. The molecule has 7 heteroatoms. The average molecular weight is 534 g/mol. The molecule has 0 bridgehead atoms. The van der Waals surface area contributed by atoms with Crippen molar-refractivity contribution in [3.8, 4) is 5.75 Å². The number of carbonyl (C=O) groups is 1. The highest BCUT2D eigenvalue weighted by molar-refractivity contribution is 14.1. The third-order valence-electron chi connectivity index (χ3n) is 2.87.